The molecular weight excluding hydrogens is 226 g/mol. The van der Waals surface area contributed by atoms with Crippen molar-refractivity contribution in [2.24, 2.45) is 17.8 Å². The van der Waals surface area contributed by atoms with Gasteiger partial charge in [-0.1, -0.05) is 27.7 Å². The molecule has 0 bridgehead atoms. The minimum absolute atomic E-state index is 0.721. The van der Waals surface area contributed by atoms with Crippen LogP contribution in [0.25, 0.3) is 0 Å². The Kier molecular flexibility index (Phi) is 6.94. The van der Waals surface area contributed by atoms with E-state index in [0.29, 0.717) is 0 Å². The summed E-state index contributed by atoms with van der Waals surface area (Å²) in [4.78, 5) is 0. The van der Waals surface area contributed by atoms with Crippen molar-refractivity contribution >= 4 is 11.8 Å². The van der Waals surface area contributed by atoms with Crippen LogP contribution in [-0.2, 0) is 0 Å². The lowest BCUT2D eigenvalue weighted by molar-refractivity contribution is 0.188. The molecule has 0 aromatic carbocycles. The van der Waals surface area contributed by atoms with Crippen LogP contribution in [0.2, 0.25) is 0 Å². The number of hydrogen-bond donors (Lipinski definition) is 1. The standard InChI is InChI=1S/C15H31NS/c1-6-13(4)17-10-15(16-5)14-8-11(2)7-12(3)9-14/h11-16H,6-10H2,1-5H3. The van der Waals surface area contributed by atoms with E-state index in [2.05, 4.69) is 51.8 Å². The molecule has 1 aliphatic rings. The zero-order valence-electron chi connectivity index (χ0n) is 12.3. The van der Waals surface area contributed by atoms with Gasteiger partial charge >= 0.3 is 0 Å². The molecular formula is C15H31NS. The quantitative estimate of drug-likeness (QED) is 0.766. The zero-order valence-corrected chi connectivity index (χ0v) is 13.1. The third-order valence-corrected chi connectivity index (χ3v) is 5.74. The molecule has 4 unspecified atom stereocenters. The maximum atomic E-state index is 3.57. The molecule has 1 nitrogen and oxygen atoms in total. The maximum absolute atomic E-state index is 3.57. The molecule has 0 aromatic heterocycles. The highest BCUT2D eigenvalue weighted by atomic mass is 32.2. The van der Waals surface area contributed by atoms with E-state index >= 15 is 0 Å². The largest absolute Gasteiger partial charge is 0.316 e. The van der Waals surface area contributed by atoms with Crippen LogP contribution in [0.3, 0.4) is 0 Å². The van der Waals surface area contributed by atoms with Gasteiger partial charge in [-0.3, -0.25) is 0 Å². The molecule has 102 valence electrons. The smallest absolute Gasteiger partial charge is 0.0183 e. The van der Waals surface area contributed by atoms with Gasteiger partial charge in [-0.2, -0.15) is 11.8 Å². The summed E-state index contributed by atoms with van der Waals surface area (Å²) in [5.74, 6) is 4.03. The topological polar surface area (TPSA) is 12.0 Å². The van der Waals surface area contributed by atoms with Crippen LogP contribution in [0, 0.1) is 17.8 Å². The molecule has 4 atom stereocenters. The van der Waals surface area contributed by atoms with Gasteiger partial charge in [0.05, 0.1) is 0 Å². The molecule has 1 saturated carbocycles. The fourth-order valence-electron chi connectivity index (χ4n) is 3.18. The molecule has 0 radical (unpaired) electrons. The fraction of sp³-hybridized carbons (Fsp3) is 1.00. The fourth-order valence-corrected chi connectivity index (χ4v) is 4.39. The van der Waals surface area contributed by atoms with Crippen molar-refractivity contribution in [2.75, 3.05) is 12.8 Å². The van der Waals surface area contributed by atoms with Crippen molar-refractivity contribution in [1.29, 1.82) is 0 Å². The Morgan fingerprint density at radius 1 is 1.18 bits per heavy atom. The van der Waals surface area contributed by atoms with E-state index in [1.54, 1.807) is 0 Å². The molecule has 1 fully saturated rings. The Hall–Kier alpha value is 0.310. The molecule has 0 saturated heterocycles. The van der Waals surface area contributed by atoms with Crippen molar-refractivity contribution < 1.29 is 0 Å². The van der Waals surface area contributed by atoms with Crippen molar-refractivity contribution in [3.63, 3.8) is 0 Å². The summed E-state index contributed by atoms with van der Waals surface area (Å²) >= 11 is 2.14. The van der Waals surface area contributed by atoms with Crippen molar-refractivity contribution in [3.8, 4) is 0 Å². The minimum atomic E-state index is 0.721. The van der Waals surface area contributed by atoms with Gasteiger partial charge in [-0.15, -0.1) is 0 Å². The zero-order chi connectivity index (χ0) is 12.8. The summed E-state index contributed by atoms with van der Waals surface area (Å²) in [6.07, 6.45) is 5.58. The summed E-state index contributed by atoms with van der Waals surface area (Å²) in [7, 11) is 2.14. The predicted molar refractivity (Wildman–Crippen MR) is 80.7 cm³/mol. The summed E-state index contributed by atoms with van der Waals surface area (Å²) in [5, 5.41) is 4.38. The van der Waals surface area contributed by atoms with Crippen molar-refractivity contribution in [2.45, 2.75) is 64.7 Å². The molecule has 0 amide bonds. The molecule has 0 heterocycles. The van der Waals surface area contributed by atoms with E-state index in [1.807, 2.05) is 0 Å². The molecule has 0 aromatic rings. The lowest BCUT2D eigenvalue weighted by Gasteiger charge is -2.36. The van der Waals surface area contributed by atoms with Gasteiger partial charge in [0.25, 0.3) is 0 Å². The maximum Gasteiger partial charge on any atom is 0.0183 e. The Bertz CT molecular complexity index is 197. The molecule has 2 heteroatoms. The first kappa shape index (κ1) is 15.4. The molecule has 17 heavy (non-hydrogen) atoms. The minimum Gasteiger partial charge on any atom is -0.316 e. The van der Waals surface area contributed by atoms with Gasteiger partial charge in [-0.05, 0) is 50.5 Å². The Morgan fingerprint density at radius 3 is 2.24 bits per heavy atom. The number of nitrogens with one attached hydrogen (secondary N) is 1. The molecule has 0 spiro atoms. The highest BCUT2D eigenvalue weighted by Crippen LogP contribution is 2.35. The van der Waals surface area contributed by atoms with Crippen LogP contribution in [-0.4, -0.2) is 24.1 Å². The highest BCUT2D eigenvalue weighted by Gasteiger charge is 2.29. The van der Waals surface area contributed by atoms with E-state index in [-0.39, 0.29) is 0 Å². The van der Waals surface area contributed by atoms with E-state index in [4.69, 9.17) is 0 Å². The van der Waals surface area contributed by atoms with E-state index in [0.717, 1.165) is 29.0 Å². The second-order valence-corrected chi connectivity index (χ2v) is 7.60. The van der Waals surface area contributed by atoms with Gasteiger partial charge in [0.15, 0.2) is 0 Å². The average Bonchev–Trinajstić information content (AvgIpc) is 2.28. The first-order valence-corrected chi connectivity index (χ1v) is 8.40. The van der Waals surface area contributed by atoms with Crippen LogP contribution in [0.5, 0.6) is 0 Å². The first-order valence-electron chi connectivity index (χ1n) is 7.35. The Balaban J connectivity index is 2.42. The third-order valence-electron chi connectivity index (χ3n) is 4.29. The van der Waals surface area contributed by atoms with E-state index in [9.17, 15) is 0 Å². The van der Waals surface area contributed by atoms with Gasteiger partial charge in [0.2, 0.25) is 0 Å². The lowest BCUT2D eigenvalue weighted by atomic mass is 9.74. The van der Waals surface area contributed by atoms with Gasteiger partial charge < -0.3 is 5.32 Å². The number of hydrogen-bond acceptors (Lipinski definition) is 2. The van der Waals surface area contributed by atoms with Crippen molar-refractivity contribution in [3.05, 3.63) is 0 Å². The van der Waals surface area contributed by atoms with Crippen LogP contribution in [0.15, 0.2) is 0 Å². The normalized spacial score (nSPS) is 33.4. The molecule has 1 aliphatic carbocycles. The SMILES string of the molecule is CCC(C)SCC(NC)C1CC(C)CC(C)C1. The summed E-state index contributed by atoms with van der Waals surface area (Å²) in [6, 6.07) is 0.721. The first-order chi connectivity index (χ1) is 8.06. The van der Waals surface area contributed by atoms with Crippen LogP contribution < -0.4 is 5.32 Å². The van der Waals surface area contributed by atoms with Gasteiger partial charge in [-0.25, -0.2) is 0 Å². The molecule has 0 aliphatic heterocycles. The van der Waals surface area contributed by atoms with Gasteiger partial charge in [0.1, 0.15) is 0 Å². The summed E-state index contributed by atoms with van der Waals surface area (Å²) in [5.41, 5.74) is 0. The van der Waals surface area contributed by atoms with Crippen LogP contribution >= 0.6 is 11.8 Å². The van der Waals surface area contributed by atoms with Gasteiger partial charge in [0, 0.05) is 17.0 Å². The summed E-state index contributed by atoms with van der Waals surface area (Å²) < 4.78 is 0. The second-order valence-electron chi connectivity index (χ2n) is 6.12. The summed E-state index contributed by atoms with van der Waals surface area (Å²) in [6.45, 7) is 9.49. The Morgan fingerprint density at radius 2 is 1.76 bits per heavy atom. The van der Waals surface area contributed by atoms with E-state index in [1.165, 1.54) is 31.4 Å². The third kappa shape index (κ3) is 5.21. The second kappa shape index (κ2) is 7.68. The number of rotatable bonds is 6. The monoisotopic (exact) mass is 257 g/mol. The lowest BCUT2D eigenvalue weighted by Crippen LogP contribution is -2.40. The average molecular weight is 257 g/mol. The predicted octanol–water partition coefficient (Wildman–Crippen LogP) is 4.18. The Labute approximate surface area is 113 Å². The van der Waals surface area contributed by atoms with Crippen LogP contribution in [0.4, 0.5) is 0 Å². The number of thioether (sulfide) groups is 1. The highest BCUT2D eigenvalue weighted by molar-refractivity contribution is 7.99. The van der Waals surface area contributed by atoms with E-state index < -0.39 is 0 Å². The molecule has 1 N–H and O–H groups in total. The molecule has 1 rings (SSSR count). The van der Waals surface area contributed by atoms with Crippen molar-refractivity contribution in [1.82, 2.24) is 5.32 Å². The van der Waals surface area contributed by atoms with Crippen LogP contribution in [0.1, 0.15) is 53.4 Å².